The van der Waals surface area contributed by atoms with E-state index in [1.165, 1.54) is 17.3 Å². The molecule has 0 bridgehead atoms. The molecule has 1 fully saturated rings. The Morgan fingerprint density at radius 2 is 1.82 bits per heavy atom. The van der Waals surface area contributed by atoms with Crippen molar-refractivity contribution in [1.82, 2.24) is 4.90 Å². The van der Waals surface area contributed by atoms with E-state index in [-0.39, 0.29) is 18.2 Å². The lowest BCUT2D eigenvalue weighted by Gasteiger charge is -2.13. The highest BCUT2D eigenvalue weighted by atomic mass is 32.2. The van der Waals surface area contributed by atoms with Crippen molar-refractivity contribution in [3.63, 3.8) is 0 Å². The SMILES string of the molecule is CCN1C(=O)[C@@H](CC(=O)Nc2ccccc2)SC1=Nc1ccc(C(C)C)cc1. The minimum absolute atomic E-state index is 0.0618. The molecule has 1 aliphatic rings. The Morgan fingerprint density at radius 1 is 1.14 bits per heavy atom. The number of hydrogen-bond donors (Lipinski definition) is 1. The molecule has 0 spiro atoms. The van der Waals surface area contributed by atoms with Crippen molar-refractivity contribution >= 4 is 40.1 Å². The molecule has 1 aliphatic heterocycles. The van der Waals surface area contributed by atoms with Crippen LogP contribution in [-0.2, 0) is 9.59 Å². The van der Waals surface area contributed by atoms with Crippen LogP contribution in [0.2, 0.25) is 0 Å². The Bertz CT molecular complexity index is 863. The second kappa shape index (κ2) is 9.06. The van der Waals surface area contributed by atoms with E-state index in [2.05, 4.69) is 36.3 Å². The van der Waals surface area contributed by atoms with Crippen LogP contribution >= 0.6 is 11.8 Å². The topological polar surface area (TPSA) is 61.8 Å². The Hall–Kier alpha value is -2.60. The van der Waals surface area contributed by atoms with Crippen LogP contribution in [0.25, 0.3) is 0 Å². The first-order valence-corrected chi connectivity index (χ1v) is 10.4. The number of carbonyl (C=O) groups is 2. The van der Waals surface area contributed by atoms with E-state index >= 15 is 0 Å². The van der Waals surface area contributed by atoms with Gasteiger partial charge in [0.15, 0.2) is 5.17 Å². The second-order valence-electron chi connectivity index (χ2n) is 6.95. The molecule has 0 saturated carbocycles. The summed E-state index contributed by atoms with van der Waals surface area (Å²) < 4.78 is 0. The molecule has 2 aromatic rings. The Morgan fingerprint density at radius 3 is 2.43 bits per heavy atom. The first-order chi connectivity index (χ1) is 13.5. The maximum absolute atomic E-state index is 12.7. The van der Waals surface area contributed by atoms with Crippen molar-refractivity contribution in [3.05, 3.63) is 60.2 Å². The number of amides is 2. The predicted octanol–water partition coefficient (Wildman–Crippen LogP) is 4.79. The number of nitrogens with zero attached hydrogens (tertiary/aromatic N) is 2. The van der Waals surface area contributed by atoms with Crippen LogP contribution in [0.3, 0.4) is 0 Å². The summed E-state index contributed by atoms with van der Waals surface area (Å²) in [6.45, 7) is 6.75. The van der Waals surface area contributed by atoms with Crippen molar-refractivity contribution in [2.45, 2.75) is 38.4 Å². The van der Waals surface area contributed by atoms with Crippen LogP contribution < -0.4 is 5.32 Å². The van der Waals surface area contributed by atoms with Gasteiger partial charge in [-0.05, 0) is 42.7 Å². The molecule has 2 amide bonds. The van der Waals surface area contributed by atoms with Crippen LogP contribution in [-0.4, -0.2) is 33.7 Å². The number of amidine groups is 1. The second-order valence-corrected chi connectivity index (χ2v) is 8.12. The standard InChI is InChI=1S/C22H25N3O2S/c1-4-25-21(27)19(14-20(26)23-17-8-6-5-7-9-17)28-22(25)24-18-12-10-16(11-13-18)15(2)3/h5-13,15,19H,4,14H2,1-3H3,(H,23,26)/t19-/m1/s1. The van der Waals surface area contributed by atoms with Gasteiger partial charge in [-0.15, -0.1) is 0 Å². The molecule has 0 radical (unpaired) electrons. The number of thioether (sulfide) groups is 1. The van der Waals surface area contributed by atoms with E-state index in [0.29, 0.717) is 17.6 Å². The summed E-state index contributed by atoms with van der Waals surface area (Å²) in [7, 11) is 0. The number of aliphatic imine (C=N–C) groups is 1. The van der Waals surface area contributed by atoms with Gasteiger partial charge in [0.1, 0.15) is 5.25 Å². The van der Waals surface area contributed by atoms with E-state index in [0.717, 1.165) is 11.4 Å². The van der Waals surface area contributed by atoms with E-state index in [1.54, 1.807) is 4.90 Å². The fourth-order valence-electron chi connectivity index (χ4n) is 2.96. The molecule has 6 heteroatoms. The molecule has 1 atom stereocenters. The number of hydrogen-bond acceptors (Lipinski definition) is 4. The van der Waals surface area contributed by atoms with Gasteiger partial charge in [-0.1, -0.05) is 55.9 Å². The zero-order valence-electron chi connectivity index (χ0n) is 16.4. The van der Waals surface area contributed by atoms with E-state index in [4.69, 9.17) is 0 Å². The monoisotopic (exact) mass is 395 g/mol. The van der Waals surface area contributed by atoms with Crippen LogP contribution in [0.4, 0.5) is 11.4 Å². The molecule has 1 N–H and O–H groups in total. The van der Waals surface area contributed by atoms with E-state index in [9.17, 15) is 9.59 Å². The highest BCUT2D eigenvalue weighted by Crippen LogP contribution is 2.32. The average Bonchev–Trinajstić information content (AvgIpc) is 2.97. The smallest absolute Gasteiger partial charge is 0.242 e. The van der Waals surface area contributed by atoms with Crippen molar-refractivity contribution < 1.29 is 9.59 Å². The lowest BCUT2D eigenvalue weighted by atomic mass is 10.0. The van der Waals surface area contributed by atoms with Gasteiger partial charge in [-0.2, -0.15) is 0 Å². The quantitative estimate of drug-likeness (QED) is 0.765. The summed E-state index contributed by atoms with van der Waals surface area (Å²) in [4.78, 5) is 31.4. The molecule has 3 rings (SSSR count). The van der Waals surface area contributed by atoms with Gasteiger partial charge in [-0.25, -0.2) is 4.99 Å². The van der Waals surface area contributed by atoms with E-state index < -0.39 is 5.25 Å². The minimum Gasteiger partial charge on any atom is -0.326 e. The zero-order valence-corrected chi connectivity index (χ0v) is 17.2. The molecule has 1 saturated heterocycles. The summed E-state index contributed by atoms with van der Waals surface area (Å²) >= 11 is 1.36. The highest BCUT2D eigenvalue weighted by molar-refractivity contribution is 8.15. The van der Waals surface area contributed by atoms with Gasteiger partial charge >= 0.3 is 0 Å². The van der Waals surface area contributed by atoms with Crippen molar-refractivity contribution in [1.29, 1.82) is 0 Å². The molecule has 0 aliphatic carbocycles. The lowest BCUT2D eigenvalue weighted by molar-refractivity contribution is -0.128. The minimum atomic E-state index is -0.447. The Kier molecular flexibility index (Phi) is 6.52. The molecular formula is C22H25N3O2S. The fraction of sp³-hybridized carbons (Fsp3) is 0.318. The summed E-state index contributed by atoms with van der Waals surface area (Å²) in [5.41, 5.74) is 2.80. The third-order valence-corrected chi connectivity index (χ3v) is 5.72. The lowest BCUT2D eigenvalue weighted by Crippen LogP contribution is -2.33. The fourth-order valence-corrected chi connectivity index (χ4v) is 4.18. The van der Waals surface area contributed by atoms with Crippen molar-refractivity contribution in [2.75, 3.05) is 11.9 Å². The zero-order chi connectivity index (χ0) is 20.1. The van der Waals surface area contributed by atoms with Crippen LogP contribution in [0.15, 0.2) is 59.6 Å². The molecule has 5 nitrogen and oxygen atoms in total. The first kappa shape index (κ1) is 20.1. The third kappa shape index (κ3) is 4.81. The van der Waals surface area contributed by atoms with Gasteiger partial charge in [0.05, 0.1) is 5.69 Å². The third-order valence-electron chi connectivity index (χ3n) is 4.55. The molecule has 1 heterocycles. The number of para-hydroxylation sites is 1. The van der Waals surface area contributed by atoms with Crippen LogP contribution in [0.5, 0.6) is 0 Å². The molecular weight excluding hydrogens is 370 g/mol. The van der Waals surface area contributed by atoms with Gasteiger partial charge in [0.25, 0.3) is 0 Å². The van der Waals surface area contributed by atoms with E-state index in [1.807, 2.05) is 49.4 Å². The summed E-state index contributed by atoms with van der Waals surface area (Å²) in [5.74, 6) is 0.229. The highest BCUT2D eigenvalue weighted by Gasteiger charge is 2.38. The molecule has 0 aromatic heterocycles. The number of nitrogens with one attached hydrogen (secondary N) is 1. The number of anilines is 1. The van der Waals surface area contributed by atoms with Gasteiger partial charge in [-0.3, -0.25) is 14.5 Å². The average molecular weight is 396 g/mol. The van der Waals surface area contributed by atoms with Gasteiger partial charge in [0, 0.05) is 18.7 Å². The van der Waals surface area contributed by atoms with Crippen molar-refractivity contribution in [3.8, 4) is 0 Å². The van der Waals surface area contributed by atoms with Crippen LogP contribution in [0.1, 0.15) is 38.7 Å². The summed E-state index contributed by atoms with van der Waals surface area (Å²) in [6.07, 6.45) is 0.125. The Labute approximate surface area is 170 Å². The normalized spacial score (nSPS) is 18.1. The summed E-state index contributed by atoms with van der Waals surface area (Å²) in [5, 5.41) is 3.05. The molecule has 2 aromatic carbocycles. The number of benzene rings is 2. The number of carbonyl (C=O) groups excluding carboxylic acids is 2. The first-order valence-electron chi connectivity index (χ1n) is 9.49. The van der Waals surface area contributed by atoms with Gasteiger partial charge < -0.3 is 5.32 Å². The Balaban J connectivity index is 1.70. The molecule has 28 heavy (non-hydrogen) atoms. The van der Waals surface area contributed by atoms with Gasteiger partial charge in [0.2, 0.25) is 11.8 Å². The molecule has 0 unspecified atom stereocenters. The predicted molar refractivity (Wildman–Crippen MR) is 116 cm³/mol. The maximum Gasteiger partial charge on any atom is 0.242 e. The van der Waals surface area contributed by atoms with Crippen molar-refractivity contribution in [2.24, 2.45) is 4.99 Å². The molecule has 146 valence electrons. The van der Waals surface area contributed by atoms with Crippen LogP contribution in [0, 0.1) is 0 Å². The summed E-state index contributed by atoms with van der Waals surface area (Å²) in [6, 6.07) is 17.3. The number of rotatable bonds is 6. The maximum atomic E-state index is 12.7. The largest absolute Gasteiger partial charge is 0.326 e.